The highest BCUT2D eigenvalue weighted by atomic mass is 16.4. The third-order valence-electron chi connectivity index (χ3n) is 3.22. The largest absolute Gasteiger partial charge is 0.481 e. The van der Waals surface area contributed by atoms with Gasteiger partial charge in [-0.1, -0.05) is 6.07 Å². The zero-order chi connectivity index (χ0) is 11.8. The van der Waals surface area contributed by atoms with Gasteiger partial charge in [0.25, 0.3) is 0 Å². The molecule has 3 heterocycles. The van der Waals surface area contributed by atoms with Gasteiger partial charge in [0.1, 0.15) is 0 Å². The summed E-state index contributed by atoms with van der Waals surface area (Å²) in [6.07, 6.45) is 3.44. The van der Waals surface area contributed by atoms with E-state index in [0.29, 0.717) is 13.1 Å². The fraction of sp³-hybridized carbons (Fsp3) is 0.333. The van der Waals surface area contributed by atoms with Crippen molar-refractivity contribution in [1.29, 1.82) is 0 Å². The molecule has 5 heteroatoms. The molecule has 0 saturated heterocycles. The molecule has 0 amide bonds. The Morgan fingerprint density at radius 2 is 2.35 bits per heavy atom. The Kier molecular flexibility index (Phi) is 2.24. The highest BCUT2D eigenvalue weighted by Crippen LogP contribution is 2.33. The Morgan fingerprint density at radius 1 is 1.47 bits per heavy atom. The first kappa shape index (κ1) is 10.1. The molecule has 2 unspecified atom stereocenters. The van der Waals surface area contributed by atoms with Gasteiger partial charge in [0, 0.05) is 23.7 Å². The Bertz CT molecular complexity index is 536. The fourth-order valence-electron chi connectivity index (χ4n) is 2.41. The number of aromatic nitrogens is 1. The number of carboxylic acid groups (broad SMARTS) is 1. The number of carbonyl (C=O) groups is 1. The molecule has 2 atom stereocenters. The summed E-state index contributed by atoms with van der Waals surface area (Å²) in [4.78, 5) is 24.1. The standard InChI is InChI=1S/C12H11N3O2/c16-12(17)8-5-15-9-6-13-4-7-2-1-3-14-11(7)10(8)9/h1-4,8,10H,5-6H2,(H,16,17). The molecule has 0 bridgehead atoms. The van der Waals surface area contributed by atoms with E-state index in [4.69, 9.17) is 0 Å². The van der Waals surface area contributed by atoms with Gasteiger partial charge >= 0.3 is 5.97 Å². The summed E-state index contributed by atoms with van der Waals surface area (Å²) in [5.41, 5.74) is 2.53. The second-order valence-electron chi connectivity index (χ2n) is 4.20. The molecule has 2 aliphatic rings. The van der Waals surface area contributed by atoms with Crippen molar-refractivity contribution in [2.45, 2.75) is 5.92 Å². The SMILES string of the molecule is O=C(O)C1CN=C2CN=Cc3cccnc3C21. The minimum atomic E-state index is -0.813. The lowest BCUT2D eigenvalue weighted by molar-refractivity contribution is -0.141. The maximum atomic E-state index is 11.2. The van der Waals surface area contributed by atoms with Gasteiger partial charge in [0.2, 0.25) is 0 Å². The van der Waals surface area contributed by atoms with Crippen LogP contribution in [0.2, 0.25) is 0 Å². The molecule has 1 aromatic heterocycles. The highest BCUT2D eigenvalue weighted by molar-refractivity contribution is 6.02. The molecular weight excluding hydrogens is 218 g/mol. The first-order valence-corrected chi connectivity index (χ1v) is 5.48. The van der Waals surface area contributed by atoms with E-state index in [1.807, 2.05) is 12.1 Å². The fourth-order valence-corrected chi connectivity index (χ4v) is 2.41. The van der Waals surface area contributed by atoms with E-state index in [1.54, 1.807) is 12.4 Å². The van der Waals surface area contributed by atoms with Crippen LogP contribution < -0.4 is 0 Å². The van der Waals surface area contributed by atoms with Crippen LogP contribution in [0.4, 0.5) is 0 Å². The number of aliphatic carboxylic acids is 1. The highest BCUT2D eigenvalue weighted by Gasteiger charge is 2.39. The lowest BCUT2D eigenvalue weighted by Gasteiger charge is -2.16. The number of carboxylic acids is 1. The monoisotopic (exact) mass is 229 g/mol. The van der Waals surface area contributed by atoms with E-state index >= 15 is 0 Å². The molecule has 5 nitrogen and oxygen atoms in total. The van der Waals surface area contributed by atoms with Crippen molar-refractivity contribution in [1.82, 2.24) is 4.98 Å². The van der Waals surface area contributed by atoms with Crippen molar-refractivity contribution in [2.75, 3.05) is 13.1 Å². The van der Waals surface area contributed by atoms with Gasteiger partial charge in [-0.25, -0.2) is 0 Å². The summed E-state index contributed by atoms with van der Waals surface area (Å²) < 4.78 is 0. The summed E-state index contributed by atoms with van der Waals surface area (Å²) in [5, 5.41) is 9.23. The minimum Gasteiger partial charge on any atom is -0.481 e. The van der Waals surface area contributed by atoms with Crippen LogP contribution in [-0.2, 0) is 4.79 Å². The molecule has 3 rings (SSSR count). The van der Waals surface area contributed by atoms with Crippen LogP contribution >= 0.6 is 0 Å². The summed E-state index contributed by atoms with van der Waals surface area (Å²) in [6, 6.07) is 3.74. The van der Waals surface area contributed by atoms with Crippen LogP contribution in [0.1, 0.15) is 17.2 Å². The first-order chi connectivity index (χ1) is 8.27. The summed E-state index contributed by atoms with van der Waals surface area (Å²) >= 11 is 0. The number of hydrogen-bond donors (Lipinski definition) is 1. The number of rotatable bonds is 1. The Morgan fingerprint density at radius 3 is 3.18 bits per heavy atom. The predicted octanol–water partition coefficient (Wildman–Crippen LogP) is 0.753. The van der Waals surface area contributed by atoms with Crippen LogP contribution in [0.3, 0.4) is 0 Å². The first-order valence-electron chi connectivity index (χ1n) is 5.48. The maximum Gasteiger partial charge on any atom is 0.309 e. The van der Waals surface area contributed by atoms with Crippen molar-refractivity contribution in [3.63, 3.8) is 0 Å². The van der Waals surface area contributed by atoms with E-state index in [9.17, 15) is 9.90 Å². The molecule has 0 aliphatic carbocycles. The predicted molar refractivity (Wildman–Crippen MR) is 62.9 cm³/mol. The van der Waals surface area contributed by atoms with Gasteiger partial charge in [-0.15, -0.1) is 0 Å². The van der Waals surface area contributed by atoms with E-state index in [0.717, 1.165) is 17.0 Å². The van der Waals surface area contributed by atoms with Crippen LogP contribution in [0, 0.1) is 5.92 Å². The van der Waals surface area contributed by atoms with Crippen molar-refractivity contribution < 1.29 is 9.90 Å². The summed E-state index contributed by atoms with van der Waals surface area (Å²) in [5.74, 6) is -1.53. The lowest BCUT2D eigenvalue weighted by Crippen LogP contribution is -2.26. The van der Waals surface area contributed by atoms with Crippen LogP contribution in [0.5, 0.6) is 0 Å². The average Bonchev–Trinajstić information content (AvgIpc) is 2.66. The lowest BCUT2D eigenvalue weighted by atomic mass is 9.86. The molecule has 0 radical (unpaired) electrons. The number of aliphatic imine (C=N–C) groups is 2. The zero-order valence-corrected chi connectivity index (χ0v) is 9.08. The van der Waals surface area contributed by atoms with Crippen LogP contribution in [0.25, 0.3) is 0 Å². The van der Waals surface area contributed by atoms with E-state index in [1.165, 1.54) is 0 Å². The van der Waals surface area contributed by atoms with Crippen molar-refractivity contribution in [3.05, 3.63) is 29.6 Å². The smallest absolute Gasteiger partial charge is 0.309 e. The zero-order valence-electron chi connectivity index (χ0n) is 9.08. The molecule has 2 aliphatic heterocycles. The normalized spacial score (nSPS) is 25.8. The van der Waals surface area contributed by atoms with Gasteiger partial charge in [0.05, 0.1) is 30.6 Å². The number of nitrogens with zero attached hydrogens (tertiary/aromatic N) is 3. The topological polar surface area (TPSA) is 74.9 Å². The Labute approximate surface area is 97.9 Å². The number of fused-ring (bicyclic) bond motifs is 3. The van der Waals surface area contributed by atoms with Gasteiger partial charge in [-0.3, -0.25) is 19.8 Å². The second kappa shape index (κ2) is 3.76. The maximum absolute atomic E-state index is 11.2. The van der Waals surface area contributed by atoms with Gasteiger partial charge < -0.3 is 5.11 Å². The van der Waals surface area contributed by atoms with Crippen LogP contribution in [0.15, 0.2) is 28.3 Å². The van der Waals surface area contributed by atoms with Crippen LogP contribution in [-0.4, -0.2) is 41.1 Å². The molecule has 0 saturated carbocycles. The quantitative estimate of drug-likeness (QED) is 0.772. The molecule has 0 fully saturated rings. The van der Waals surface area contributed by atoms with Crippen molar-refractivity contribution in [3.8, 4) is 0 Å². The summed E-state index contributed by atoms with van der Waals surface area (Å²) in [7, 11) is 0. The molecular formula is C12H11N3O2. The number of pyridine rings is 1. The van der Waals surface area contributed by atoms with E-state index < -0.39 is 11.9 Å². The second-order valence-corrected chi connectivity index (χ2v) is 4.20. The summed E-state index contributed by atoms with van der Waals surface area (Å²) in [6.45, 7) is 0.811. The van der Waals surface area contributed by atoms with Gasteiger partial charge in [0.15, 0.2) is 0 Å². The number of hydrogen-bond acceptors (Lipinski definition) is 4. The van der Waals surface area contributed by atoms with Crippen molar-refractivity contribution in [2.24, 2.45) is 15.9 Å². The van der Waals surface area contributed by atoms with Crippen molar-refractivity contribution >= 4 is 17.9 Å². The van der Waals surface area contributed by atoms with E-state index in [-0.39, 0.29) is 5.92 Å². The average molecular weight is 229 g/mol. The molecule has 0 spiro atoms. The molecule has 1 aromatic rings. The Hall–Kier alpha value is -2.04. The minimum absolute atomic E-state index is 0.216. The van der Waals surface area contributed by atoms with Gasteiger partial charge in [-0.2, -0.15) is 0 Å². The molecule has 17 heavy (non-hydrogen) atoms. The molecule has 86 valence electrons. The van der Waals surface area contributed by atoms with E-state index in [2.05, 4.69) is 15.0 Å². The molecule has 0 aromatic carbocycles. The Balaban J connectivity index is 2.12. The van der Waals surface area contributed by atoms with Gasteiger partial charge in [-0.05, 0) is 6.07 Å². The third kappa shape index (κ3) is 1.54. The third-order valence-corrected chi connectivity index (χ3v) is 3.22. The molecule has 1 N–H and O–H groups in total.